The smallest absolute Gasteiger partial charge is 0.343 e. The number of halogens is 2. The zero-order valence-corrected chi connectivity index (χ0v) is 14.0. The summed E-state index contributed by atoms with van der Waals surface area (Å²) in [5.74, 6) is -3.38. The van der Waals surface area contributed by atoms with Gasteiger partial charge in [0.05, 0.1) is 23.8 Å². The zero-order valence-electron chi connectivity index (χ0n) is 12.5. The number of ether oxygens (including phenoxy) is 3. The van der Waals surface area contributed by atoms with E-state index in [1.54, 1.807) is 0 Å². The minimum absolute atomic E-state index is 0.00816. The number of rotatable bonds is 4. The monoisotopic (exact) mass is 382 g/mol. The summed E-state index contributed by atoms with van der Waals surface area (Å²) < 4.78 is 14.8. The normalized spacial score (nSPS) is 30.0. The molecule has 0 radical (unpaired) electrons. The van der Waals surface area contributed by atoms with Crippen LogP contribution in [0.3, 0.4) is 0 Å². The van der Waals surface area contributed by atoms with E-state index in [1.165, 1.54) is 19.2 Å². The van der Waals surface area contributed by atoms with Gasteiger partial charge in [0.2, 0.25) is 5.79 Å². The SMILES string of the molecule is COc1c(Cl)ccc(Cl)c1C(=O)OC[C@@]1(O)OC[C@@H](O)[C@@H](O)[C@@H]1O. The van der Waals surface area contributed by atoms with Crippen molar-refractivity contribution < 1.29 is 39.4 Å². The van der Waals surface area contributed by atoms with Gasteiger partial charge >= 0.3 is 5.97 Å². The van der Waals surface area contributed by atoms with Gasteiger partial charge in [-0.15, -0.1) is 0 Å². The molecule has 0 aromatic heterocycles. The predicted octanol–water partition coefficient (Wildman–Crippen LogP) is -0.0397. The van der Waals surface area contributed by atoms with Gasteiger partial charge < -0.3 is 34.6 Å². The summed E-state index contributed by atoms with van der Waals surface area (Å²) in [5, 5.41) is 39.1. The Hall–Kier alpha value is -1.13. The maximum Gasteiger partial charge on any atom is 0.343 e. The second-order valence-electron chi connectivity index (χ2n) is 5.17. The number of hydrogen-bond donors (Lipinski definition) is 4. The summed E-state index contributed by atoms with van der Waals surface area (Å²) in [6.45, 7) is -1.27. The molecule has 1 aromatic carbocycles. The highest BCUT2D eigenvalue weighted by Crippen LogP contribution is 2.34. The summed E-state index contributed by atoms with van der Waals surface area (Å²) in [4.78, 5) is 12.2. The van der Waals surface area contributed by atoms with E-state index in [2.05, 4.69) is 0 Å². The summed E-state index contributed by atoms with van der Waals surface area (Å²) >= 11 is 11.9. The third-order valence-corrected chi connectivity index (χ3v) is 4.17. The van der Waals surface area contributed by atoms with Gasteiger partial charge in [-0.2, -0.15) is 0 Å². The van der Waals surface area contributed by atoms with E-state index in [0.717, 1.165) is 0 Å². The van der Waals surface area contributed by atoms with Crippen LogP contribution in [0.5, 0.6) is 5.75 Å². The zero-order chi connectivity index (χ0) is 18.1. The highest BCUT2D eigenvalue weighted by atomic mass is 35.5. The Kier molecular flexibility index (Phi) is 5.92. The standard InChI is InChI=1S/C14H16Cl2O8/c1-22-11-7(16)3-2-6(15)9(11)13(20)23-5-14(21)12(19)10(18)8(17)4-24-14/h2-3,8,10,12,17-19,21H,4-5H2,1H3/t8-,10-,12+,14-/m1/s1. The molecule has 1 fully saturated rings. The molecule has 8 nitrogen and oxygen atoms in total. The number of carbonyl (C=O) groups excluding carboxylic acids is 1. The van der Waals surface area contributed by atoms with Crippen LogP contribution in [0.4, 0.5) is 0 Å². The molecule has 1 saturated heterocycles. The van der Waals surface area contributed by atoms with Crippen LogP contribution in [0, 0.1) is 0 Å². The van der Waals surface area contributed by atoms with Crippen molar-refractivity contribution in [3.05, 3.63) is 27.7 Å². The molecule has 0 aliphatic carbocycles. The predicted molar refractivity (Wildman–Crippen MR) is 82.2 cm³/mol. The Morgan fingerprint density at radius 3 is 2.58 bits per heavy atom. The van der Waals surface area contributed by atoms with Crippen LogP contribution in [0.25, 0.3) is 0 Å². The molecule has 134 valence electrons. The van der Waals surface area contributed by atoms with E-state index in [4.69, 9.17) is 37.4 Å². The Labute approximate surface area is 147 Å². The number of benzene rings is 1. The lowest BCUT2D eigenvalue weighted by Gasteiger charge is -2.40. The first-order valence-corrected chi connectivity index (χ1v) is 7.56. The summed E-state index contributed by atoms with van der Waals surface area (Å²) in [6, 6.07) is 2.79. The number of aliphatic hydroxyl groups is 4. The van der Waals surface area contributed by atoms with Gasteiger partial charge in [-0.05, 0) is 12.1 Å². The molecule has 0 saturated carbocycles. The number of carbonyl (C=O) groups is 1. The lowest BCUT2D eigenvalue weighted by molar-refractivity contribution is -0.330. The molecule has 4 atom stereocenters. The lowest BCUT2D eigenvalue weighted by atomic mass is 9.97. The van der Waals surface area contributed by atoms with E-state index >= 15 is 0 Å². The van der Waals surface area contributed by atoms with Crippen molar-refractivity contribution >= 4 is 29.2 Å². The molecule has 10 heteroatoms. The van der Waals surface area contributed by atoms with Crippen LogP contribution in [-0.2, 0) is 9.47 Å². The van der Waals surface area contributed by atoms with Gasteiger partial charge in [0.1, 0.15) is 30.5 Å². The van der Waals surface area contributed by atoms with Crippen LogP contribution >= 0.6 is 23.2 Å². The molecule has 24 heavy (non-hydrogen) atoms. The second-order valence-corrected chi connectivity index (χ2v) is 5.99. The van der Waals surface area contributed by atoms with Crippen LogP contribution < -0.4 is 4.74 Å². The van der Waals surface area contributed by atoms with E-state index in [9.17, 15) is 25.2 Å². The van der Waals surface area contributed by atoms with E-state index < -0.39 is 43.3 Å². The maximum atomic E-state index is 12.2. The van der Waals surface area contributed by atoms with E-state index in [1.807, 2.05) is 0 Å². The third-order valence-electron chi connectivity index (χ3n) is 3.56. The molecule has 0 spiro atoms. The Morgan fingerprint density at radius 1 is 1.33 bits per heavy atom. The van der Waals surface area contributed by atoms with E-state index in [0.29, 0.717) is 0 Å². The fourth-order valence-electron chi connectivity index (χ4n) is 2.18. The molecule has 1 aromatic rings. The first-order chi connectivity index (χ1) is 11.2. The molecule has 1 heterocycles. The third kappa shape index (κ3) is 3.60. The highest BCUT2D eigenvalue weighted by Gasteiger charge is 2.49. The lowest BCUT2D eigenvalue weighted by Crippen LogP contribution is -2.63. The topological polar surface area (TPSA) is 126 Å². The average Bonchev–Trinajstić information content (AvgIpc) is 2.56. The molecule has 1 aliphatic rings. The van der Waals surface area contributed by atoms with Crippen molar-refractivity contribution in [2.75, 3.05) is 20.3 Å². The number of aliphatic hydroxyl groups excluding tert-OH is 3. The van der Waals surface area contributed by atoms with Gasteiger partial charge in [0.25, 0.3) is 0 Å². The number of esters is 1. The van der Waals surface area contributed by atoms with Crippen molar-refractivity contribution in [2.45, 2.75) is 24.1 Å². The van der Waals surface area contributed by atoms with Gasteiger partial charge in [-0.25, -0.2) is 4.79 Å². The molecule has 4 N–H and O–H groups in total. The average molecular weight is 383 g/mol. The first-order valence-electron chi connectivity index (χ1n) is 6.81. The van der Waals surface area contributed by atoms with Crippen molar-refractivity contribution in [3.63, 3.8) is 0 Å². The molecule has 0 amide bonds. The van der Waals surface area contributed by atoms with Crippen LogP contribution in [0.15, 0.2) is 12.1 Å². The molecule has 2 rings (SSSR count). The summed E-state index contributed by atoms with van der Waals surface area (Å²) in [5.41, 5.74) is -0.166. The number of methoxy groups -OCH3 is 1. The highest BCUT2D eigenvalue weighted by molar-refractivity contribution is 6.37. The van der Waals surface area contributed by atoms with E-state index in [-0.39, 0.29) is 21.4 Å². The molecule has 1 aliphatic heterocycles. The van der Waals surface area contributed by atoms with Crippen molar-refractivity contribution in [3.8, 4) is 5.75 Å². The van der Waals surface area contributed by atoms with Crippen molar-refractivity contribution in [1.29, 1.82) is 0 Å². The molecule has 0 bridgehead atoms. The van der Waals surface area contributed by atoms with Crippen LogP contribution in [0.1, 0.15) is 10.4 Å². The summed E-state index contributed by atoms with van der Waals surface area (Å²) in [7, 11) is 1.29. The van der Waals surface area contributed by atoms with Crippen molar-refractivity contribution in [1.82, 2.24) is 0 Å². The van der Waals surface area contributed by atoms with Gasteiger partial charge in [0, 0.05) is 0 Å². The van der Waals surface area contributed by atoms with Gasteiger partial charge in [-0.1, -0.05) is 23.2 Å². The Bertz CT molecular complexity index is 625. The first kappa shape index (κ1) is 19.2. The Balaban J connectivity index is 2.15. The minimum Gasteiger partial charge on any atom is -0.494 e. The number of hydrogen-bond acceptors (Lipinski definition) is 8. The van der Waals surface area contributed by atoms with Gasteiger partial charge in [0.15, 0.2) is 5.75 Å². The minimum atomic E-state index is -2.38. The van der Waals surface area contributed by atoms with Crippen LogP contribution in [0.2, 0.25) is 10.0 Å². The molecular formula is C14H16Cl2O8. The van der Waals surface area contributed by atoms with Gasteiger partial charge in [-0.3, -0.25) is 0 Å². The maximum absolute atomic E-state index is 12.2. The summed E-state index contributed by atoms with van der Waals surface area (Å²) in [6.07, 6.45) is -4.92. The molecule has 0 unspecified atom stereocenters. The fraction of sp³-hybridized carbons (Fsp3) is 0.500. The van der Waals surface area contributed by atoms with Crippen LogP contribution in [-0.4, -0.2) is 70.8 Å². The molecular weight excluding hydrogens is 367 g/mol. The largest absolute Gasteiger partial charge is 0.494 e. The fourth-order valence-corrected chi connectivity index (χ4v) is 2.64. The Morgan fingerprint density at radius 2 is 1.96 bits per heavy atom. The second kappa shape index (κ2) is 7.40. The van der Waals surface area contributed by atoms with Crippen molar-refractivity contribution in [2.24, 2.45) is 0 Å². The quantitative estimate of drug-likeness (QED) is 0.534.